The van der Waals surface area contributed by atoms with Crippen molar-refractivity contribution in [2.24, 2.45) is 11.7 Å². The van der Waals surface area contributed by atoms with Crippen LogP contribution in [0, 0.1) is 5.92 Å². The predicted molar refractivity (Wildman–Crippen MR) is 74.6 cm³/mol. The van der Waals surface area contributed by atoms with Gasteiger partial charge in [0.1, 0.15) is 5.82 Å². The molecule has 1 unspecified atom stereocenters. The first-order valence-electron chi connectivity index (χ1n) is 6.70. The van der Waals surface area contributed by atoms with Gasteiger partial charge in [0.05, 0.1) is 17.6 Å². The predicted octanol–water partition coefficient (Wildman–Crippen LogP) is 2.26. The standard InChI is InChI=1S/C14H20N4/c1-10-3-2-6-18(9-10)11-4-5-12-13(7-11)17-14(8-15)16-12/h4-5,7,10H,2-3,6,8-9,15H2,1H3,(H,16,17). The Labute approximate surface area is 107 Å². The SMILES string of the molecule is CC1CCCN(c2ccc3nc(CN)[nH]c3c2)C1. The van der Waals surface area contributed by atoms with Gasteiger partial charge in [0, 0.05) is 18.8 Å². The first-order chi connectivity index (χ1) is 8.76. The van der Waals surface area contributed by atoms with E-state index in [0.717, 1.165) is 35.9 Å². The molecule has 18 heavy (non-hydrogen) atoms. The molecule has 3 N–H and O–H groups in total. The average Bonchev–Trinajstić information content (AvgIpc) is 2.80. The van der Waals surface area contributed by atoms with Crippen molar-refractivity contribution in [3.63, 3.8) is 0 Å². The van der Waals surface area contributed by atoms with E-state index in [1.165, 1.54) is 18.5 Å². The molecule has 0 spiro atoms. The van der Waals surface area contributed by atoms with Crippen molar-refractivity contribution in [2.45, 2.75) is 26.3 Å². The highest BCUT2D eigenvalue weighted by Crippen LogP contribution is 2.25. The number of aromatic nitrogens is 2. The number of hydrogen-bond acceptors (Lipinski definition) is 3. The third-order valence-electron chi connectivity index (χ3n) is 3.73. The Morgan fingerprint density at radius 3 is 3.17 bits per heavy atom. The fourth-order valence-electron chi connectivity index (χ4n) is 2.77. The van der Waals surface area contributed by atoms with Gasteiger partial charge >= 0.3 is 0 Å². The quantitative estimate of drug-likeness (QED) is 0.852. The molecule has 1 atom stereocenters. The van der Waals surface area contributed by atoms with Gasteiger partial charge < -0.3 is 15.6 Å². The molecule has 0 radical (unpaired) electrons. The molecule has 1 aromatic heterocycles. The number of nitrogens with two attached hydrogens (primary N) is 1. The maximum absolute atomic E-state index is 5.61. The molecule has 2 heterocycles. The highest BCUT2D eigenvalue weighted by molar-refractivity contribution is 5.79. The first-order valence-corrected chi connectivity index (χ1v) is 6.70. The number of piperidine rings is 1. The Morgan fingerprint density at radius 1 is 1.50 bits per heavy atom. The third-order valence-corrected chi connectivity index (χ3v) is 3.73. The number of imidazole rings is 1. The van der Waals surface area contributed by atoms with Crippen LogP contribution < -0.4 is 10.6 Å². The largest absolute Gasteiger partial charge is 0.371 e. The van der Waals surface area contributed by atoms with Crippen LogP contribution in [0.3, 0.4) is 0 Å². The van der Waals surface area contributed by atoms with Crippen LogP contribution in [0.2, 0.25) is 0 Å². The molecule has 1 fully saturated rings. The highest BCUT2D eigenvalue weighted by atomic mass is 15.1. The van der Waals surface area contributed by atoms with Crippen LogP contribution in [0.4, 0.5) is 5.69 Å². The van der Waals surface area contributed by atoms with Crippen LogP contribution in [0.5, 0.6) is 0 Å². The van der Waals surface area contributed by atoms with E-state index < -0.39 is 0 Å². The fourth-order valence-corrected chi connectivity index (χ4v) is 2.77. The monoisotopic (exact) mass is 244 g/mol. The topological polar surface area (TPSA) is 57.9 Å². The number of hydrogen-bond donors (Lipinski definition) is 2. The van der Waals surface area contributed by atoms with Crippen molar-refractivity contribution in [3.8, 4) is 0 Å². The lowest BCUT2D eigenvalue weighted by molar-refractivity contribution is 0.447. The van der Waals surface area contributed by atoms with E-state index in [4.69, 9.17) is 5.73 Å². The second-order valence-corrected chi connectivity index (χ2v) is 5.28. The second kappa shape index (κ2) is 4.61. The Kier molecular flexibility index (Phi) is 2.96. The molecule has 0 aliphatic carbocycles. The molecule has 96 valence electrons. The number of rotatable bonds is 2. The molecule has 1 aromatic carbocycles. The van der Waals surface area contributed by atoms with Crippen molar-refractivity contribution >= 4 is 16.7 Å². The van der Waals surface area contributed by atoms with E-state index in [2.05, 4.69) is 40.0 Å². The molecule has 2 aromatic rings. The Balaban J connectivity index is 1.92. The van der Waals surface area contributed by atoms with Gasteiger partial charge in [0.15, 0.2) is 0 Å². The summed E-state index contributed by atoms with van der Waals surface area (Å²) < 4.78 is 0. The lowest BCUT2D eigenvalue weighted by Gasteiger charge is -2.32. The maximum atomic E-state index is 5.61. The summed E-state index contributed by atoms with van der Waals surface area (Å²) in [5.74, 6) is 1.64. The summed E-state index contributed by atoms with van der Waals surface area (Å²) >= 11 is 0. The van der Waals surface area contributed by atoms with E-state index in [-0.39, 0.29) is 0 Å². The molecule has 0 saturated carbocycles. The van der Waals surface area contributed by atoms with Crippen molar-refractivity contribution in [2.75, 3.05) is 18.0 Å². The summed E-state index contributed by atoms with van der Waals surface area (Å²) in [4.78, 5) is 10.2. The van der Waals surface area contributed by atoms with Gasteiger partial charge in [-0.15, -0.1) is 0 Å². The first kappa shape index (κ1) is 11.5. The van der Waals surface area contributed by atoms with Gasteiger partial charge in [-0.05, 0) is 37.0 Å². The molecule has 4 nitrogen and oxygen atoms in total. The number of anilines is 1. The van der Waals surface area contributed by atoms with Crippen LogP contribution in [-0.2, 0) is 6.54 Å². The lowest BCUT2D eigenvalue weighted by atomic mass is 10.00. The van der Waals surface area contributed by atoms with Crippen LogP contribution in [-0.4, -0.2) is 23.1 Å². The summed E-state index contributed by atoms with van der Waals surface area (Å²) in [7, 11) is 0. The number of nitrogens with zero attached hydrogens (tertiary/aromatic N) is 2. The van der Waals surface area contributed by atoms with E-state index in [9.17, 15) is 0 Å². The molecule has 1 aliphatic heterocycles. The molecular formula is C14H20N4. The van der Waals surface area contributed by atoms with E-state index in [0.29, 0.717) is 6.54 Å². The average molecular weight is 244 g/mol. The summed E-state index contributed by atoms with van der Waals surface area (Å²) in [6.45, 7) is 5.11. The zero-order valence-corrected chi connectivity index (χ0v) is 10.8. The van der Waals surface area contributed by atoms with Crippen molar-refractivity contribution in [3.05, 3.63) is 24.0 Å². The number of aromatic amines is 1. The minimum atomic E-state index is 0.463. The number of nitrogens with one attached hydrogen (secondary N) is 1. The molecule has 1 aliphatic rings. The minimum Gasteiger partial charge on any atom is -0.371 e. The van der Waals surface area contributed by atoms with Gasteiger partial charge in [-0.25, -0.2) is 4.98 Å². The third kappa shape index (κ3) is 2.08. The molecular weight excluding hydrogens is 224 g/mol. The van der Waals surface area contributed by atoms with Crippen LogP contribution in [0.15, 0.2) is 18.2 Å². The van der Waals surface area contributed by atoms with Gasteiger partial charge in [0.2, 0.25) is 0 Å². The van der Waals surface area contributed by atoms with Crippen molar-refractivity contribution in [1.82, 2.24) is 9.97 Å². The van der Waals surface area contributed by atoms with Crippen LogP contribution >= 0.6 is 0 Å². The van der Waals surface area contributed by atoms with E-state index >= 15 is 0 Å². The van der Waals surface area contributed by atoms with E-state index in [1.807, 2.05) is 0 Å². The van der Waals surface area contributed by atoms with Crippen molar-refractivity contribution in [1.29, 1.82) is 0 Å². The normalized spacial score (nSPS) is 20.6. The second-order valence-electron chi connectivity index (χ2n) is 5.28. The maximum Gasteiger partial charge on any atom is 0.121 e. The number of fused-ring (bicyclic) bond motifs is 1. The molecule has 4 heteroatoms. The number of benzene rings is 1. The zero-order chi connectivity index (χ0) is 12.5. The minimum absolute atomic E-state index is 0.463. The summed E-state index contributed by atoms with van der Waals surface area (Å²) in [6, 6.07) is 6.45. The van der Waals surface area contributed by atoms with Gasteiger partial charge in [-0.1, -0.05) is 6.92 Å². The summed E-state index contributed by atoms with van der Waals surface area (Å²) in [5.41, 5.74) is 8.99. The molecule has 3 rings (SSSR count). The van der Waals surface area contributed by atoms with Crippen molar-refractivity contribution < 1.29 is 0 Å². The molecule has 1 saturated heterocycles. The zero-order valence-electron chi connectivity index (χ0n) is 10.8. The van der Waals surface area contributed by atoms with Gasteiger partial charge in [0.25, 0.3) is 0 Å². The Morgan fingerprint density at radius 2 is 2.39 bits per heavy atom. The Bertz CT molecular complexity index is 546. The highest BCUT2D eigenvalue weighted by Gasteiger charge is 2.17. The molecule has 0 amide bonds. The van der Waals surface area contributed by atoms with E-state index in [1.54, 1.807) is 0 Å². The Hall–Kier alpha value is -1.55. The summed E-state index contributed by atoms with van der Waals surface area (Å²) in [5, 5.41) is 0. The van der Waals surface area contributed by atoms with Crippen LogP contribution in [0.25, 0.3) is 11.0 Å². The smallest absolute Gasteiger partial charge is 0.121 e. The summed E-state index contributed by atoms with van der Waals surface area (Å²) in [6.07, 6.45) is 2.64. The molecule has 0 bridgehead atoms. The van der Waals surface area contributed by atoms with Gasteiger partial charge in [-0.3, -0.25) is 0 Å². The lowest BCUT2D eigenvalue weighted by Crippen LogP contribution is -2.34. The van der Waals surface area contributed by atoms with Crippen LogP contribution in [0.1, 0.15) is 25.6 Å². The fraction of sp³-hybridized carbons (Fsp3) is 0.500. The number of H-pyrrole nitrogens is 1. The van der Waals surface area contributed by atoms with Gasteiger partial charge in [-0.2, -0.15) is 0 Å².